The van der Waals surface area contributed by atoms with Gasteiger partial charge in [-0.2, -0.15) is 0 Å². The van der Waals surface area contributed by atoms with Crippen molar-refractivity contribution in [1.82, 2.24) is 0 Å². The van der Waals surface area contributed by atoms with Crippen molar-refractivity contribution >= 4 is 23.4 Å². The van der Waals surface area contributed by atoms with Crippen LogP contribution in [-0.4, -0.2) is 10.0 Å². The SMILES string of the molecule is CC(C/C=C\c1cc([N+](=O)[O-])ccc1O)c1ccccc1Cl. The molecule has 0 aliphatic rings. The predicted octanol–water partition coefficient (Wildman–Crippen LogP) is 5.16. The van der Waals surface area contributed by atoms with Crippen LogP contribution < -0.4 is 0 Å². The van der Waals surface area contributed by atoms with E-state index >= 15 is 0 Å². The Kier molecular flexibility index (Phi) is 5.17. The van der Waals surface area contributed by atoms with Crippen molar-refractivity contribution in [3.63, 3.8) is 0 Å². The number of nitro benzene ring substituents is 1. The Bertz CT molecular complexity index is 713. The molecule has 0 aliphatic carbocycles. The highest BCUT2D eigenvalue weighted by atomic mass is 35.5. The topological polar surface area (TPSA) is 63.4 Å². The second-order valence-electron chi connectivity index (χ2n) is 5.06. The number of rotatable bonds is 5. The Morgan fingerprint density at radius 3 is 2.73 bits per heavy atom. The lowest BCUT2D eigenvalue weighted by Crippen LogP contribution is -1.92. The zero-order chi connectivity index (χ0) is 16.1. The molecular weight excluding hydrogens is 302 g/mol. The summed E-state index contributed by atoms with van der Waals surface area (Å²) in [6.45, 7) is 2.05. The van der Waals surface area contributed by atoms with Gasteiger partial charge in [-0.1, -0.05) is 48.9 Å². The van der Waals surface area contributed by atoms with E-state index in [1.54, 1.807) is 6.08 Å². The van der Waals surface area contributed by atoms with Gasteiger partial charge in [-0.05, 0) is 30.0 Å². The van der Waals surface area contributed by atoms with Gasteiger partial charge < -0.3 is 5.11 Å². The molecule has 2 rings (SSSR count). The molecule has 0 amide bonds. The lowest BCUT2D eigenvalue weighted by molar-refractivity contribution is -0.384. The minimum Gasteiger partial charge on any atom is -0.507 e. The summed E-state index contributed by atoms with van der Waals surface area (Å²) in [4.78, 5) is 10.3. The van der Waals surface area contributed by atoms with Gasteiger partial charge in [0.15, 0.2) is 0 Å². The van der Waals surface area contributed by atoms with Crippen LogP contribution in [0, 0.1) is 10.1 Å². The second-order valence-corrected chi connectivity index (χ2v) is 5.47. The Morgan fingerprint density at radius 2 is 2.05 bits per heavy atom. The summed E-state index contributed by atoms with van der Waals surface area (Å²) < 4.78 is 0. The molecule has 4 nitrogen and oxygen atoms in total. The highest BCUT2D eigenvalue weighted by Crippen LogP contribution is 2.28. The summed E-state index contributed by atoms with van der Waals surface area (Å²) in [6, 6.07) is 11.6. The highest BCUT2D eigenvalue weighted by molar-refractivity contribution is 6.31. The van der Waals surface area contributed by atoms with Gasteiger partial charge in [0, 0.05) is 22.7 Å². The summed E-state index contributed by atoms with van der Waals surface area (Å²) in [6.07, 6.45) is 4.29. The number of hydrogen-bond acceptors (Lipinski definition) is 3. The van der Waals surface area contributed by atoms with E-state index in [4.69, 9.17) is 11.6 Å². The third-order valence-electron chi connectivity index (χ3n) is 3.45. The molecule has 0 aromatic heterocycles. The number of aromatic hydroxyl groups is 1. The average molecular weight is 318 g/mol. The van der Waals surface area contributed by atoms with Gasteiger partial charge in [0.05, 0.1) is 4.92 Å². The first-order chi connectivity index (χ1) is 10.5. The number of non-ortho nitro benzene ring substituents is 1. The highest BCUT2D eigenvalue weighted by Gasteiger charge is 2.09. The van der Waals surface area contributed by atoms with Gasteiger partial charge in [0.1, 0.15) is 5.75 Å². The first-order valence-electron chi connectivity index (χ1n) is 6.87. The van der Waals surface area contributed by atoms with E-state index in [9.17, 15) is 15.2 Å². The number of halogens is 1. The maximum Gasteiger partial charge on any atom is 0.270 e. The fourth-order valence-corrected chi connectivity index (χ4v) is 2.51. The zero-order valence-electron chi connectivity index (χ0n) is 12.1. The molecule has 0 saturated heterocycles. The number of benzene rings is 2. The molecule has 0 saturated carbocycles. The lowest BCUT2D eigenvalue weighted by Gasteiger charge is -2.11. The fraction of sp³-hybridized carbons (Fsp3) is 0.176. The molecule has 0 radical (unpaired) electrons. The molecule has 22 heavy (non-hydrogen) atoms. The van der Waals surface area contributed by atoms with Gasteiger partial charge in [0.25, 0.3) is 5.69 Å². The molecule has 0 aliphatic heterocycles. The Morgan fingerprint density at radius 1 is 1.32 bits per heavy atom. The lowest BCUT2D eigenvalue weighted by atomic mass is 9.97. The minimum atomic E-state index is -0.483. The number of nitrogens with zero attached hydrogens (tertiary/aromatic N) is 1. The maximum atomic E-state index is 10.8. The second kappa shape index (κ2) is 7.09. The largest absolute Gasteiger partial charge is 0.507 e. The molecule has 5 heteroatoms. The van der Waals surface area contributed by atoms with E-state index in [1.807, 2.05) is 30.3 Å². The Labute approximate surface area is 133 Å². The Hall–Kier alpha value is -2.33. The van der Waals surface area contributed by atoms with Crippen molar-refractivity contribution < 1.29 is 10.0 Å². The summed E-state index contributed by atoms with van der Waals surface area (Å²) in [5, 5.41) is 21.2. The van der Waals surface area contributed by atoms with Crippen molar-refractivity contribution in [3.8, 4) is 5.75 Å². The van der Waals surface area contributed by atoms with Crippen LogP contribution >= 0.6 is 11.6 Å². The molecular formula is C17H16ClNO3. The third-order valence-corrected chi connectivity index (χ3v) is 3.79. The monoisotopic (exact) mass is 317 g/mol. The van der Waals surface area contributed by atoms with E-state index in [2.05, 4.69) is 6.92 Å². The molecule has 1 N–H and O–H groups in total. The quantitative estimate of drug-likeness (QED) is 0.612. The summed E-state index contributed by atoms with van der Waals surface area (Å²) in [7, 11) is 0. The minimum absolute atomic E-state index is 0.0206. The van der Waals surface area contributed by atoms with E-state index in [0.717, 1.165) is 10.6 Å². The third kappa shape index (κ3) is 3.86. The van der Waals surface area contributed by atoms with E-state index in [-0.39, 0.29) is 17.4 Å². The van der Waals surface area contributed by atoms with Crippen LogP contribution in [0.1, 0.15) is 30.4 Å². The van der Waals surface area contributed by atoms with Crippen molar-refractivity contribution in [1.29, 1.82) is 0 Å². The molecule has 2 aromatic carbocycles. The van der Waals surface area contributed by atoms with Crippen LogP contribution in [0.3, 0.4) is 0 Å². The predicted molar refractivity (Wildman–Crippen MR) is 88.3 cm³/mol. The molecule has 0 fully saturated rings. The number of phenols is 1. The summed E-state index contributed by atoms with van der Waals surface area (Å²) in [5.74, 6) is 0.234. The molecule has 1 unspecified atom stereocenters. The Balaban J connectivity index is 2.11. The molecule has 0 spiro atoms. The first-order valence-corrected chi connectivity index (χ1v) is 7.25. The van der Waals surface area contributed by atoms with Gasteiger partial charge in [0.2, 0.25) is 0 Å². The van der Waals surface area contributed by atoms with Crippen LogP contribution in [0.4, 0.5) is 5.69 Å². The van der Waals surface area contributed by atoms with Crippen molar-refractivity contribution in [2.24, 2.45) is 0 Å². The van der Waals surface area contributed by atoms with Gasteiger partial charge in [-0.3, -0.25) is 10.1 Å². The fourth-order valence-electron chi connectivity index (χ4n) is 2.19. The van der Waals surface area contributed by atoms with Crippen molar-refractivity contribution in [3.05, 3.63) is 74.8 Å². The van der Waals surface area contributed by atoms with Gasteiger partial charge >= 0.3 is 0 Å². The van der Waals surface area contributed by atoms with Crippen LogP contribution in [-0.2, 0) is 0 Å². The molecule has 0 bridgehead atoms. The van der Waals surface area contributed by atoms with Crippen LogP contribution in [0.5, 0.6) is 5.75 Å². The molecule has 114 valence electrons. The van der Waals surface area contributed by atoms with Crippen molar-refractivity contribution in [2.75, 3.05) is 0 Å². The molecule has 1 atom stereocenters. The van der Waals surface area contributed by atoms with Crippen molar-refractivity contribution in [2.45, 2.75) is 19.3 Å². The maximum absolute atomic E-state index is 10.8. The van der Waals surface area contributed by atoms with E-state index in [1.165, 1.54) is 18.2 Å². The smallest absolute Gasteiger partial charge is 0.270 e. The van der Waals surface area contributed by atoms with Crippen LogP contribution in [0.25, 0.3) is 6.08 Å². The van der Waals surface area contributed by atoms with Crippen LogP contribution in [0.15, 0.2) is 48.5 Å². The van der Waals surface area contributed by atoms with Crippen LogP contribution in [0.2, 0.25) is 5.02 Å². The average Bonchev–Trinajstić information content (AvgIpc) is 2.49. The van der Waals surface area contributed by atoms with E-state index in [0.29, 0.717) is 12.0 Å². The number of phenolic OH excluding ortho intramolecular Hbond substituents is 1. The summed E-state index contributed by atoms with van der Waals surface area (Å²) in [5.41, 5.74) is 1.44. The van der Waals surface area contributed by atoms with Gasteiger partial charge in [-0.25, -0.2) is 0 Å². The standard InChI is InChI=1S/C17H16ClNO3/c1-12(15-7-2-3-8-16(15)18)5-4-6-13-11-14(19(21)22)9-10-17(13)20/h2-4,6-12,20H,5H2,1H3/b6-4-. The number of allylic oxidation sites excluding steroid dienone is 1. The van der Waals surface area contributed by atoms with E-state index < -0.39 is 4.92 Å². The number of hydrogen-bond donors (Lipinski definition) is 1. The normalized spacial score (nSPS) is 12.5. The molecule has 2 aromatic rings. The number of nitro groups is 1. The molecule has 0 heterocycles. The summed E-state index contributed by atoms with van der Waals surface area (Å²) >= 11 is 6.16. The first kappa shape index (κ1) is 16.0. The van der Waals surface area contributed by atoms with Gasteiger partial charge in [-0.15, -0.1) is 0 Å². The zero-order valence-corrected chi connectivity index (χ0v) is 12.8.